The summed E-state index contributed by atoms with van der Waals surface area (Å²) in [5.41, 5.74) is 1.54. The molecule has 1 N–H and O–H groups in total. The van der Waals surface area contributed by atoms with Crippen LogP contribution < -0.4 is 5.32 Å². The van der Waals surface area contributed by atoms with E-state index < -0.39 is 0 Å². The quantitative estimate of drug-likeness (QED) is 0.927. The van der Waals surface area contributed by atoms with Crippen LogP contribution in [-0.2, 0) is 11.2 Å². The summed E-state index contributed by atoms with van der Waals surface area (Å²) in [7, 11) is 0. The van der Waals surface area contributed by atoms with Gasteiger partial charge in [-0.1, -0.05) is 29.8 Å². The van der Waals surface area contributed by atoms with Crippen molar-refractivity contribution in [1.29, 1.82) is 0 Å². The largest absolute Gasteiger partial charge is 0.428 e. The first-order valence-electron chi connectivity index (χ1n) is 5.53. The molecule has 1 aromatic carbocycles. The van der Waals surface area contributed by atoms with Gasteiger partial charge in [0.1, 0.15) is 5.76 Å². The third-order valence-electron chi connectivity index (χ3n) is 2.58. The van der Waals surface area contributed by atoms with Gasteiger partial charge in [-0.15, -0.1) is 0 Å². The number of aromatic nitrogens is 1. The van der Waals surface area contributed by atoms with E-state index in [9.17, 15) is 4.79 Å². The van der Waals surface area contributed by atoms with Crippen LogP contribution in [0.1, 0.15) is 17.0 Å². The second-order valence-electron chi connectivity index (χ2n) is 3.98. The minimum Gasteiger partial charge on any atom is -0.428 e. The number of hydrogen-bond acceptors (Lipinski definition) is 3. The summed E-state index contributed by atoms with van der Waals surface area (Å²) in [4.78, 5) is 15.9. The minimum absolute atomic E-state index is 0.195. The lowest BCUT2D eigenvalue weighted by Crippen LogP contribution is -2.14. The second kappa shape index (κ2) is 5.23. The number of aryl methyl sites for hydroxylation is 2. The van der Waals surface area contributed by atoms with Gasteiger partial charge in [0, 0.05) is 5.02 Å². The Bertz CT molecular complexity index is 559. The van der Waals surface area contributed by atoms with E-state index >= 15 is 0 Å². The smallest absolute Gasteiger partial charge is 0.301 e. The molecule has 0 bridgehead atoms. The van der Waals surface area contributed by atoms with E-state index in [2.05, 4.69) is 10.3 Å². The first-order valence-corrected chi connectivity index (χ1v) is 5.91. The van der Waals surface area contributed by atoms with E-state index in [-0.39, 0.29) is 18.3 Å². The van der Waals surface area contributed by atoms with Crippen LogP contribution in [0.25, 0.3) is 0 Å². The number of halogens is 1. The molecule has 0 radical (unpaired) electrons. The van der Waals surface area contributed by atoms with Crippen molar-refractivity contribution in [2.24, 2.45) is 0 Å². The van der Waals surface area contributed by atoms with Gasteiger partial charge in [0.05, 0.1) is 12.1 Å². The molecule has 1 heterocycles. The molecule has 0 aliphatic carbocycles. The molecule has 0 aliphatic rings. The van der Waals surface area contributed by atoms with Gasteiger partial charge in [-0.3, -0.25) is 10.1 Å². The molecule has 2 rings (SSSR count). The average molecular weight is 265 g/mol. The lowest BCUT2D eigenvalue weighted by Gasteiger charge is -2.03. The van der Waals surface area contributed by atoms with Crippen LogP contribution >= 0.6 is 11.6 Å². The van der Waals surface area contributed by atoms with Crippen LogP contribution in [0.5, 0.6) is 0 Å². The Morgan fingerprint density at radius 3 is 2.72 bits per heavy atom. The number of benzene rings is 1. The lowest BCUT2D eigenvalue weighted by atomic mass is 10.1. The van der Waals surface area contributed by atoms with Crippen LogP contribution in [0.3, 0.4) is 0 Å². The number of oxazole rings is 1. The fourth-order valence-corrected chi connectivity index (χ4v) is 1.71. The molecule has 0 spiro atoms. The number of hydrogen-bond donors (Lipinski definition) is 1. The van der Waals surface area contributed by atoms with Gasteiger partial charge in [-0.05, 0) is 25.5 Å². The molecular weight excluding hydrogens is 252 g/mol. The van der Waals surface area contributed by atoms with Gasteiger partial charge in [-0.25, -0.2) is 0 Å². The number of carbonyl (C=O) groups is 1. The average Bonchev–Trinajstić information content (AvgIpc) is 2.61. The molecule has 0 saturated heterocycles. The number of rotatable bonds is 3. The maximum atomic E-state index is 11.8. The summed E-state index contributed by atoms with van der Waals surface area (Å²) in [6, 6.07) is 7.46. The molecule has 18 heavy (non-hydrogen) atoms. The van der Waals surface area contributed by atoms with Gasteiger partial charge >= 0.3 is 6.01 Å². The minimum atomic E-state index is -0.204. The molecule has 1 amide bonds. The molecule has 0 aliphatic heterocycles. The van der Waals surface area contributed by atoms with Crippen molar-refractivity contribution in [2.45, 2.75) is 20.3 Å². The maximum Gasteiger partial charge on any atom is 0.301 e. The predicted octanol–water partition coefficient (Wildman–Crippen LogP) is 3.13. The molecule has 0 saturated carbocycles. The SMILES string of the molecule is Cc1nc(NC(=O)Cc2ccccc2Cl)oc1C. The number of anilines is 1. The van der Waals surface area contributed by atoms with Crippen molar-refractivity contribution in [3.8, 4) is 0 Å². The van der Waals surface area contributed by atoms with Gasteiger partial charge in [0.25, 0.3) is 0 Å². The van der Waals surface area contributed by atoms with Gasteiger partial charge < -0.3 is 4.42 Å². The normalized spacial score (nSPS) is 10.4. The maximum absolute atomic E-state index is 11.8. The van der Waals surface area contributed by atoms with Crippen LogP contribution in [-0.4, -0.2) is 10.9 Å². The molecule has 0 atom stereocenters. The van der Waals surface area contributed by atoms with E-state index in [1.165, 1.54) is 0 Å². The summed E-state index contributed by atoms with van der Waals surface area (Å²) in [5, 5.41) is 3.18. The van der Waals surface area contributed by atoms with Gasteiger partial charge in [0.15, 0.2) is 0 Å². The highest BCUT2D eigenvalue weighted by Crippen LogP contribution is 2.17. The monoisotopic (exact) mass is 264 g/mol. The molecule has 94 valence electrons. The van der Waals surface area contributed by atoms with Crippen molar-refractivity contribution in [3.63, 3.8) is 0 Å². The van der Waals surface area contributed by atoms with Crippen molar-refractivity contribution in [2.75, 3.05) is 5.32 Å². The Balaban J connectivity index is 2.03. The first kappa shape index (κ1) is 12.6. The Labute approximate surface area is 110 Å². The van der Waals surface area contributed by atoms with Crippen LogP contribution in [0.15, 0.2) is 28.7 Å². The zero-order valence-electron chi connectivity index (χ0n) is 10.2. The third-order valence-corrected chi connectivity index (χ3v) is 2.95. The summed E-state index contributed by atoms with van der Waals surface area (Å²) < 4.78 is 5.28. The fraction of sp³-hybridized carbons (Fsp3) is 0.231. The summed E-state index contributed by atoms with van der Waals surface area (Å²) in [6.45, 7) is 3.62. The highest BCUT2D eigenvalue weighted by Gasteiger charge is 2.11. The highest BCUT2D eigenvalue weighted by atomic mass is 35.5. The molecule has 1 aromatic heterocycles. The number of nitrogens with zero attached hydrogens (tertiary/aromatic N) is 1. The molecule has 0 fully saturated rings. The van der Waals surface area contributed by atoms with Gasteiger partial charge in [0.2, 0.25) is 5.91 Å². The van der Waals surface area contributed by atoms with Crippen molar-refractivity contribution < 1.29 is 9.21 Å². The molecule has 0 unspecified atom stereocenters. The first-order chi connectivity index (χ1) is 8.56. The summed E-state index contributed by atoms with van der Waals surface area (Å²) >= 11 is 5.98. The van der Waals surface area contributed by atoms with Crippen molar-refractivity contribution >= 4 is 23.5 Å². The zero-order chi connectivity index (χ0) is 13.1. The van der Waals surface area contributed by atoms with E-state index in [1.807, 2.05) is 25.1 Å². The number of carbonyl (C=O) groups excluding carboxylic acids is 1. The third kappa shape index (κ3) is 2.90. The second-order valence-corrected chi connectivity index (χ2v) is 4.38. The van der Waals surface area contributed by atoms with Crippen LogP contribution in [0, 0.1) is 13.8 Å². The Kier molecular flexibility index (Phi) is 3.67. The van der Waals surface area contributed by atoms with Crippen LogP contribution in [0.4, 0.5) is 6.01 Å². The van der Waals surface area contributed by atoms with Crippen molar-refractivity contribution in [1.82, 2.24) is 4.98 Å². The van der Waals surface area contributed by atoms with E-state index in [0.717, 1.165) is 11.3 Å². The molecule has 2 aromatic rings. The van der Waals surface area contributed by atoms with E-state index in [4.69, 9.17) is 16.0 Å². The topological polar surface area (TPSA) is 55.1 Å². The molecular formula is C13H13ClN2O2. The Hall–Kier alpha value is -1.81. The standard InChI is InChI=1S/C13H13ClN2O2/c1-8-9(2)18-13(15-8)16-12(17)7-10-5-3-4-6-11(10)14/h3-6H,7H2,1-2H3,(H,15,16,17). The Morgan fingerprint density at radius 2 is 2.11 bits per heavy atom. The zero-order valence-corrected chi connectivity index (χ0v) is 10.9. The van der Waals surface area contributed by atoms with E-state index in [1.54, 1.807) is 13.0 Å². The fourth-order valence-electron chi connectivity index (χ4n) is 1.50. The van der Waals surface area contributed by atoms with Gasteiger partial charge in [-0.2, -0.15) is 4.98 Å². The highest BCUT2D eigenvalue weighted by molar-refractivity contribution is 6.31. The molecule has 5 heteroatoms. The number of amides is 1. The Morgan fingerprint density at radius 1 is 1.39 bits per heavy atom. The summed E-state index contributed by atoms with van der Waals surface area (Å²) in [5.74, 6) is 0.493. The van der Waals surface area contributed by atoms with Crippen LogP contribution in [0.2, 0.25) is 5.02 Å². The van der Waals surface area contributed by atoms with Crippen molar-refractivity contribution in [3.05, 3.63) is 46.3 Å². The van der Waals surface area contributed by atoms with E-state index in [0.29, 0.717) is 10.8 Å². The number of nitrogens with one attached hydrogen (secondary N) is 1. The lowest BCUT2D eigenvalue weighted by molar-refractivity contribution is -0.115. The molecule has 4 nitrogen and oxygen atoms in total. The summed E-state index contributed by atoms with van der Waals surface area (Å²) in [6.07, 6.45) is 0.195. The predicted molar refractivity (Wildman–Crippen MR) is 69.8 cm³/mol.